The van der Waals surface area contributed by atoms with E-state index in [-0.39, 0.29) is 17.7 Å². The lowest BCUT2D eigenvalue weighted by molar-refractivity contribution is 0.0456. The van der Waals surface area contributed by atoms with Crippen LogP contribution in [-0.2, 0) is 11.3 Å². The quantitative estimate of drug-likeness (QED) is 0.794. The maximum Gasteiger partial charge on any atom is 0.341 e. The van der Waals surface area contributed by atoms with E-state index in [0.717, 1.165) is 18.2 Å². The molecule has 1 aromatic heterocycles. The minimum atomic E-state index is -1.06. The molecule has 7 nitrogen and oxygen atoms in total. The molecule has 104 valence electrons. The number of halogens is 2. The van der Waals surface area contributed by atoms with Crippen molar-refractivity contribution in [2.45, 2.75) is 6.61 Å². The van der Waals surface area contributed by atoms with Gasteiger partial charge in [-0.2, -0.15) is 15.0 Å². The van der Waals surface area contributed by atoms with Crippen LogP contribution < -0.4 is 11.5 Å². The molecule has 0 unspecified atom stereocenters. The van der Waals surface area contributed by atoms with Gasteiger partial charge in [0.05, 0.1) is 5.56 Å². The smallest absolute Gasteiger partial charge is 0.341 e. The molecule has 0 radical (unpaired) electrons. The normalized spacial score (nSPS) is 10.3. The molecule has 0 saturated heterocycles. The summed E-state index contributed by atoms with van der Waals surface area (Å²) >= 11 is 0. The third-order valence-corrected chi connectivity index (χ3v) is 2.20. The third kappa shape index (κ3) is 3.13. The first-order valence-corrected chi connectivity index (χ1v) is 5.34. The molecule has 1 aromatic carbocycles. The van der Waals surface area contributed by atoms with Crippen molar-refractivity contribution in [2.75, 3.05) is 11.5 Å². The molecule has 2 rings (SSSR count). The van der Waals surface area contributed by atoms with E-state index in [1.807, 2.05) is 0 Å². The highest BCUT2D eigenvalue weighted by Gasteiger charge is 2.15. The lowest BCUT2D eigenvalue weighted by Crippen LogP contribution is -2.12. The molecule has 0 fully saturated rings. The zero-order valence-electron chi connectivity index (χ0n) is 10.0. The highest BCUT2D eigenvalue weighted by atomic mass is 19.1. The highest BCUT2D eigenvalue weighted by molar-refractivity contribution is 5.89. The number of hydrogen-bond donors (Lipinski definition) is 2. The van der Waals surface area contributed by atoms with Crippen LogP contribution in [0.3, 0.4) is 0 Å². The number of rotatable bonds is 3. The molecule has 0 aliphatic rings. The number of nitrogen functional groups attached to an aromatic ring is 2. The Labute approximate surface area is 111 Å². The Morgan fingerprint density at radius 1 is 1.15 bits per heavy atom. The monoisotopic (exact) mass is 281 g/mol. The Balaban J connectivity index is 2.10. The summed E-state index contributed by atoms with van der Waals surface area (Å²) in [7, 11) is 0. The van der Waals surface area contributed by atoms with E-state index in [0.29, 0.717) is 0 Å². The zero-order valence-corrected chi connectivity index (χ0v) is 10.0. The van der Waals surface area contributed by atoms with Gasteiger partial charge in [-0.1, -0.05) is 0 Å². The largest absolute Gasteiger partial charge is 0.454 e. The van der Waals surface area contributed by atoms with E-state index in [1.165, 1.54) is 0 Å². The van der Waals surface area contributed by atoms with Crippen molar-refractivity contribution in [2.24, 2.45) is 0 Å². The number of carbonyl (C=O) groups excluding carboxylic acids is 1. The van der Waals surface area contributed by atoms with Crippen molar-refractivity contribution in [3.05, 3.63) is 41.2 Å². The molecule has 0 aliphatic heterocycles. The molecule has 0 atom stereocenters. The van der Waals surface area contributed by atoms with Gasteiger partial charge in [-0.05, 0) is 18.2 Å². The molecule has 2 aromatic rings. The number of carbonyl (C=O) groups is 1. The van der Waals surface area contributed by atoms with Gasteiger partial charge in [0, 0.05) is 0 Å². The van der Waals surface area contributed by atoms with Crippen LogP contribution >= 0.6 is 0 Å². The molecule has 0 spiro atoms. The number of ether oxygens (including phenoxy) is 1. The van der Waals surface area contributed by atoms with Gasteiger partial charge in [0.15, 0.2) is 12.4 Å². The van der Waals surface area contributed by atoms with Gasteiger partial charge >= 0.3 is 5.97 Å². The molecule has 0 saturated carbocycles. The fraction of sp³-hybridized carbons (Fsp3) is 0.0909. The number of nitrogens with two attached hydrogens (primary N) is 2. The van der Waals surface area contributed by atoms with E-state index in [4.69, 9.17) is 16.2 Å². The second-order valence-corrected chi connectivity index (χ2v) is 3.67. The molecular weight excluding hydrogens is 272 g/mol. The molecule has 0 bridgehead atoms. The Morgan fingerprint density at radius 3 is 2.45 bits per heavy atom. The van der Waals surface area contributed by atoms with E-state index in [1.54, 1.807) is 0 Å². The van der Waals surface area contributed by atoms with Crippen molar-refractivity contribution in [1.82, 2.24) is 15.0 Å². The fourth-order valence-corrected chi connectivity index (χ4v) is 1.38. The van der Waals surface area contributed by atoms with Crippen molar-refractivity contribution >= 4 is 17.9 Å². The summed E-state index contributed by atoms with van der Waals surface area (Å²) in [6.45, 7) is -0.397. The molecular formula is C11H9F2N5O2. The average molecular weight is 281 g/mol. The summed E-state index contributed by atoms with van der Waals surface area (Å²) in [6, 6.07) is 2.44. The Kier molecular flexibility index (Phi) is 3.69. The summed E-state index contributed by atoms with van der Waals surface area (Å²) in [4.78, 5) is 22.5. The van der Waals surface area contributed by atoms with Crippen LogP contribution in [0.15, 0.2) is 18.2 Å². The van der Waals surface area contributed by atoms with Crippen LogP contribution in [-0.4, -0.2) is 20.9 Å². The van der Waals surface area contributed by atoms with Gasteiger partial charge in [-0.15, -0.1) is 0 Å². The topological polar surface area (TPSA) is 117 Å². The minimum absolute atomic E-state index is 0.000149. The van der Waals surface area contributed by atoms with Gasteiger partial charge in [0.25, 0.3) is 0 Å². The first-order chi connectivity index (χ1) is 9.45. The van der Waals surface area contributed by atoms with Crippen LogP contribution in [0.5, 0.6) is 0 Å². The molecule has 4 N–H and O–H groups in total. The van der Waals surface area contributed by atoms with E-state index < -0.39 is 29.8 Å². The van der Waals surface area contributed by atoms with E-state index >= 15 is 0 Å². The van der Waals surface area contributed by atoms with Crippen LogP contribution in [0.25, 0.3) is 0 Å². The average Bonchev–Trinajstić information content (AvgIpc) is 2.38. The number of nitrogens with zero attached hydrogens (tertiary/aromatic N) is 3. The number of aromatic nitrogens is 3. The fourth-order valence-electron chi connectivity index (χ4n) is 1.38. The summed E-state index contributed by atoms with van der Waals surface area (Å²) in [5, 5.41) is 0. The van der Waals surface area contributed by atoms with Gasteiger partial charge < -0.3 is 16.2 Å². The predicted molar refractivity (Wildman–Crippen MR) is 64.1 cm³/mol. The van der Waals surface area contributed by atoms with Gasteiger partial charge in [-0.3, -0.25) is 0 Å². The van der Waals surface area contributed by atoms with Crippen LogP contribution in [0, 0.1) is 11.6 Å². The summed E-state index contributed by atoms with van der Waals surface area (Å²) in [5.41, 5.74) is 10.1. The maximum absolute atomic E-state index is 13.3. The van der Waals surface area contributed by atoms with Crippen LogP contribution in [0.4, 0.5) is 20.7 Å². The lowest BCUT2D eigenvalue weighted by Gasteiger charge is -2.05. The van der Waals surface area contributed by atoms with E-state index in [9.17, 15) is 13.6 Å². The Morgan fingerprint density at radius 2 is 1.80 bits per heavy atom. The SMILES string of the molecule is Nc1nc(N)nc(COC(=O)c2cc(F)ccc2F)n1. The number of esters is 1. The molecule has 0 amide bonds. The number of benzene rings is 1. The number of hydrogen-bond acceptors (Lipinski definition) is 7. The standard InChI is InChI=1S/C11H9F2N5O2/c12-5-1-2-7(13)6(3-5)9(19)20-4-8-16-10(14)18-11(15)17-8/h1-3H,4H2,(H4,14,15,16,17,18). The molecule has 9 heteroatoms. The van der Waals surface area contributed by atoms with Crippen LogP contribution in [0.1, 0.15) is 16.2 Å². The first-order valence-electron chi connectivity index (χ1n) is 5.34. The third-order valence-electron chi connectivity index (χ3n) is 2.20. The summed E-state index contributed by atoms with van der Waals surface area (Å²) in [5.74, 6) is -2.99. The Hall–Kier alpha value is -2.84. The second-order valence-electron chi connectivity index (χ2n) is 3.67. The van der Waals surface area contributed by atoms with Gasteiger partial charge in [0.1, 0.15) is 11.6 Å². The molecule has 20 heavy (non-hydrogen) atoms. The van der Waals surface area contributed by atoms with Gasteiger partial charge in [-0.25, -0.2) is 13.6 Å². The van der Waals surface area contributed by atoms with Crippen molar-refractivity contribution < 1.29 is 18.3 Å². The highest BCUT2D eigenvalue weighted by Crippen LogP contribution is 2.12. The zero-order chi connectivity index (χ0) is 14.7. The predicted octanol–water partition coefficient (Wildman–Crippen LogP) is 0.671. The summed E-state index contributed by atoms with van der Waals surface area (Å²) < 4.78 is 31.0. The first kappa shape index (κ1) is 13.6. The minimum Gasteiger partial charge on any atom is -0.454 e. The lowest BCUT2D eigenvalue weighted by atomic mass is 10.2. The van der Waals surface area contributed by atoms with Crippen molar-refractivity contribution in [3.63, 3.8) is 0 Å². The van der Waals surface area contributed by atoms with E-state index in [2.05, 4.69) is 15.0 Å². The van der Waals surface area contributed by atoms with Gasteiger partial charge in [0.2, 0.25) is 11.9 Å². The van der Waals surface area contributed by atoms with Crippen molar-refractivity contribution in [1.29, 1.82) is 0 Å². The second kappa shape index (κ2) is 5.43. The molecule has 0 aliphatic carbocycles. The molecule has 1 heterocycles. The van der Waals surface area contributed by atoms with Crippen LogP contribution in [0.2, 0.25) is 0 Å². The Bertz CT molecular complexity index is 645. The summed E-state index contributed by atoms with van der Waals surface area (Å²) in [6.07, 6.45) is 0. The number of anilines is 2. The maximum atomic E-state index is 13.3. The van der Waals surface area contributed by atoms with Crippen molar-refractivity contribution in [3.8, 4) is 0 Å².